The van der Waals surface area contributed by atoms with Crippen LogP contribution in [0.2, 0.25) is 0 Å². The SMILES string of the molecule is Cc1ccc2c(c1)Cc1cccc(c1)CN(C(=O)Cn1nc(C)nc1C)CCOCCO2. The van der Waals surface area contributed by atoms with E-state index in [4.69, 9.17) is 9.47 Å². The predicted molar refractivity (Wildman–Crippen MR) is 122 cm³/mol. The van der Waals surface area contributed by atoms with Crippen LogP contribution in [-0.4, -0.2) is 51.9 Å². The van der Waals surface area contributed by atoms with Gasteiger partial charge in [0.1, 0.15) is 30.5 Å². The summed E-state index contributed by atoms with van der Waals surface area (Å²) in [5.41, 5.74) is 4.65. The highest BCUT2D eigenvalue weighted by molar-refractivity contribution is 5.76. The van der Waals surface area contributed by atoms with E-state index in [-0.39, 0.29) is 12.5 Å². The number of aryl methyl sites for hydroxylation is 3. The summed E-state index contributed by atoms with van der Waals surface area (Å²) in [6.45, 7) is 8.38. The Morgan fingerprint density at radius 3 is 2.69 bits per heavy atom. The minimum Gasteiger partial charge on any atom is -0.491 e. The van der Waals surface area contributed by atoms with Crippen LogP contribution in [0.1, 0.15) is 33.9 Å². The Morgan fingerprint density at radius 1 is 1.03 bits per heavy atom. The molecule has 7 nitrogen and oxygen atoms in total. The molecular weight excluding hydrogens is 404 g/mol. The van der Waals surface area contributed by atoms with Crippen LogP contribution in [0.3, 0.4) is 0 Å². The van der Waals surface area contributed by atoms with Gasteiger partial charge in [0.25, 0.3) is 0 Å². The van der Waals surface area contributed by atoms with Crippen molar-refractivity contribution in [3.05, 3.63) is 76.4 Å². The van der Waals surface area contributed by atoms with Crippen molar-refractivity contribution in [3.63, 3.8) is 0 Å². The van der Waals surface area contributed by atoms with Gasteiger partial charge in [0.2, 0.25) is 5.91 Å². The molecule has 1 amide bonds. The number of ether oxygens (including phenoxy) is 2. The Kier molecular flexibility index (Phi) is 6.85. The molecule has 1 aliphatic heterocycles. The number of amides is 1. The van der Waals surface area contributed by atoms with Crippen LogP contribution in [0.4, 0.5) is 0 Å². The van der Waals surface area contributed by atoms with Crippen molar-refractivity contribution in [2.24, 2.45) is 0 Å². The molecule has 1 aliphatic rings. The largest absolute Gasteiger partial charge is 0.491 e. The molecule has 0 saturated heterocycles. The fourth-order valence-corrected chi connectivity index (χ4v) is 3.98. The number of aromatic nitrogens is 3. The number of benzene rings is 2. The number of carbonyl (C=O) groups is 1. The number of fused-ring (bicyclic) bond motifs is 3. The molecule has 168 valence electrons. The van der Waals surface area contributed by atoms with Crippen molar-refractivity contribution in [2.75, 3.05) is 26.4 Å². The smallest absolute Gasteiger partial charge is 0.244 e. The maximum Gasteiger partial charge on any atom is 0.244 e. The van der Waals surface area contributed by atoms with Crippen LogP contribution in [0.15, 0.2) is 42.5 Å². The van der Waals surface area contributed by atoms with E-state index < -0.39 is 0 Å². The third-order valence-corrected chi connectivity index (χ3v) is 5.57. The standard InChI is InChI=1S/C25H30N4O3/c1-18-7-8-24-23(13-18)15-21-5-4-6-22(14-21)16-28(9-10-31-11-12-32-24)25(30)17-29-20(3)26-19(2)27-29/h4-8,13-14H,9-12,15-17H2,1-3H3. The summed E-state index contributed by atoms with van der Waals surface area (Å²) in [5, 5.41) is 4.33. The molecule has 2 heterocycles. The Morgan fingerprint density at radius 2 is 1.88 bits per heavy atom. The predicted octanol–water partition coefficient (Wildman–Crippen LogP) is 3.23. The molecule has 4 rings (SSSR count). The van der Waals surface area contributed by atoms with Gasteiger partial charge in [-0.25, -0.2) is 9.67 Å². The zero-order chi connectivity index (χ0) is 22.5. The number of nitrogens with zero attached hydrogens (tertiary/aromatic N) is 4. The van der Waals surface area contributed by atoms with E-state index in [9.17, 15) is 4.79 Å². The quantitative estimate of drug-likeness (QED) is 0.619. The van der Waals surface area contributed by atoms with Crippen LogP contribution in [0.25, 0.3) is 0 Å². The summed E-state index contributed by atoms with van der Waals surface area (Å²) >= 11 is 0. The first kappa shape index (κ1) is 22.0. The molecule has 0 N–H and O–H groups in total. The monoisotopic (exact) mass is 434 g/mol. The summed E-state index contributed by atoms with van der Waals surface area (Å²) < 4.78 is 13.4. The van der Waals surface area contributed by atoms with Gasteiger partial charge in [0.05, 0.1) is 13.2 Å². The Bertz CT molecular complexity index is 1090. The minimum atomic E-state index is -0.00341. The second-order valence-corrected chi connectivity index (χ2v) is 8.25. The van der Waals surface area contributed by atoms with Crippen molar-refractivity contribution < 1.29 is 14.3 Å². The Labute approximate surface area is 189 Å². The first-order valence-corrected chi connectivity index (χ1v) is 11.0. The van der Waals surface area contributed by atoms with E-state index in [1.807, 2.05) is 24.8 Å². The van der Waals surface area contributed by atoms with Gasteiger partial charge < -0.3 is 14.4 Å². The molecule has 2 aromatic carbocycles. The molecule has 0 aliphatic carbocycles. The van der Waals surface area contributed by atoms with E-state index in [1.54, 1.807) is 4.68 Å². The highest BCUT2D eigenvalue weighted by Gasteiger charge is 2.17. The maximum atomic E-state index is 13.1. The minimum absolute atomic E-state index is 0.00341. The first-order chi connectivity index (χ1) is 15.5. The number of hydrogen-bond donors (Lipinski definition) is 0. The normalized spacial score (nSPS) is 14.9. The number of carbonyl (C=O) groups excluding carboxylic acids is 1. The molecule has 0 fully saturated rings. The van der Waals surface area contributed by atoms with E-state index in [0.29, 0.717) is 38.7 Å². The van der Waals surface area contributed by atoms with Crippen LogP contribution in [0.5, 0.6) is 5.75 Å². The van der Waals surface area contributed by atoms with Crippen molar-refractivity contribution in [2.45, 2.75) is 40.3 Å². The third-order valence-electron chi connectivity index (χ3n) is 5.57. The van der Waals surface area contributed by atoms with Crippen molar-refractivity contribution in [1.29, 1.82) is 0 Å². The first-order valence-electron chi connectivity index (χ1n) is 11.0. The van der Waals surface area contributed by atoms with E-state index in [0.717, 1.165) is 29.1 Å². The fraction of sp³-hybridized carbons (Fsp3) is 0.400. The van der Waals surface area contributed by atoms with Crippen LogP contribution in [0, 0.1) is 20.8 Å². The van der Waals surface area contributed by atoms with Crippen LogP contribution >= 0.6 is 0 Å². The number of rotatable bonds is 2. The lowest BCUT2D eigenvalue weighted by Gasteiger charge is -2.24. The fourth-order valence-electron chi connectivity index (χ4n) is 3.98. The molecule has 32 heavy (non-hydrogen) atoms. The number of hydrogen-bond acceptors (Lipinski definition) is 5. The van der Waals surface area contributed by atoms with Crippen LogP contribution < -0.4 is 4.74 Å². The van der Waals surface area contributed by atoms with Gasteiger partial charge in [-0.15, -0.1) is 0 Å². The third kappa shape index (κ3) is 5.53. The van der Waals surface area contributed by atoms with Crippen molar-refractivity contribution in [3.8, 4) is 5.75 Å². The topological polar surface area (TPSA) is 69.5 Å². The molecule has 0 radical (unpaired) electrons. The lowest BCUT2D eigenvalue weighted by atomic mass is 10.0. The molecule has 0 spiro atoms. The van der Waals surface area contributed by atoms with Gasteiger partial charge in [-0.1, -0.05) is 42.0 Å². The Hall–Kier alpha value is -3.19. The Balaban J connectivity index is 1.57. The van der Waals surface area contributed by atoms with E-state index in [1.165, 1.54) is 11.1 Å². The van der Waals surface area contributed by atoms with Crippen molar-refractivity contribution in [1.82, 2.24) is 19.7 Å². The van der Waals surface area contributed by atoms with Gasteiger partial charge in [0.15, 0.2) is 0 Å². The van der Waals surface area contributed by atoms with E-state index in [2.05, 4.69) is 53.4 Å². The molecule has 7 heteroatoms. The van der Waals surface area contributed by atoms with Gasteiger partial charge in [-0.05, 0) is 43.5 Å². The van der Waals surface area contributed by atoms with Gasteiger partial charge >= 0.3 is 0 Å². The highest BCUT2D eigenvalue weighted by atomic mass is 16.5. The summed E-state index contributed by atoms with van der Waals surface area (Å²) in [6, 6.07) is 14.7. The summed E-state index contributed by atoms with van der Waals surface area (Å²) in [7, 11) is 0. The van der Waals surface area contributed by atoms with Crippen LogP contribution in [-0.2, 0) is 29.0 Å². The van der Waals surface area contributed by atoms with Gasteiger partial charge in [-0.3, -0.25) is 4.79 Å². The molecule has 0 atom stereocenters. The highest BCUT2D eigenvalue weighted by Crippen LogP contribution is 2.24. The zero-order valence-corrected chi connectivity index (χ0v) is 19.0. The second kappa shape index (κ2) is 9.96. The molecule has 3 aromatic rings. The molecule has 1 aromatic heterocycles. The molecule has 2 bridgehead atoms. The van der Waals surface area contributed by atoms with Gasteiger partial charge in [0, 0.05) is 19.5 Å². The molecule has 0 unspecified atom stereocenters. The maximum absolute atomic E-state index is 13.1. The lowest BCUT2D eigenvalue weighted by molar-refractivity contribution is -0.133. The summed E-state index contributed by atoms with van der Waals surface area (Å²) in [5.74, 6) is 2.30. The average Bonchev–Trinajstić information content (AvgIpc) is 3.07. The van der Waals surface area contributed by atoms with Crippen molar-refractivity contribution >= 4 is 5.91 Å². The summed E-state index contributed by atoms with van der Waals surface area (Å²) in [4.78, 5) is 19.3. The average molecular weight is 435 g/mol. The zero-order valence-electron chi connectivity index (χ0n) is 19.0. The molecule has 0 saturated carbocycles. The lowest BCUT2D eigenvalue weighted by Crippen LogP contribution is -2.36. The molecular formula is C25H30N4O3. The van der Waals surface area contributed by atoms with Gasteiger partial charge in [-0.2, -0.15) is 5.10 Å². The summed E-state index contributed by atoms with van der Waals surface area (Å²) in [6.07, 6.45) is 0.775. The van der Waals surface area contributed by atoms with E-state index >= 15 is 0 Å². The second-order valence-electron chi connectivity index (χ2n) is 8.25.